The van der Waals surface area contributed by atoms with Crippen LogP contribution in [0, 0.1) is 0 Å². The number of benzene rings is 2. The fourth-order valence-electron chi connectivity index (χ4n) is 3.37. The molecule has 1 N–H and O–H groups in total. The highest BCUT2D eigenvalue weighted by atomic mass is 35.5. The lowest BCUT2D eigenvalue weighted by molar-refractivity contribution is -0.116. The first-order valence-electron chi connectivity index (χ1n) is 9.05. The third-order valence-electron chi connectivity index (χ3n) is 5.03. The molecular formula is C22H24ClNO3. The quantitative estimate of drug-likeness (QED) is 0.757. The number of carbonyl (C=O) groups excluding carboxylic acids is 1. The molecule has 0 bridgehead atoms. The first-order valence-corrected chi connectivity index (χ1v) is 9.43. The fourth-order valence-corrected chi connectivity index (χ4v) is 3.49. The monoisotopic (exact) mass is 385 g/mol. The standard InChI is InChI=1S/C22H24ClNO3/c1-26-20-4-2-3-17(15-20)5-10-21(25)24-16-22(11-13-27-14-12-22)18-6-8-19(23)9-7-18/h2-10,15H,11-14,16H2,1H3,(H,24,25)/b10-5+. The number of halogens is 1. The van der Waals surface area contributed by atoms with Gasteiger partial charge in [0.25, 0.3) is 0 Å². The van der Waals surface area contributed by atoms with Crippen molar-refractivity contribution in [3.8, 4) is 5.75 Å². The van der Waals surface area contributed by atoms with Crippen molar-refractivity contribution in [3.63, 3.8) is 0 Å². The fraction of sp³-hybridized carbons (Fsp3) is 0.318. The molecule has 4 nitrogen and oxygen atoms in total. The van der Waals surface area contributed by atoms with Crippen molar-refractivity contribution < 1.29 is 14.3 Å². The van der Waals surface area contributed by atoms with E-state index in [2.05, 4.69) is 5.32 Å². The molecule has 0 saturated carbocycles. The second kappa shape index (κ2) is 9.07. The molecular weight excluding hydrogens is 362 g/mol. The van der Waals surface area contributed by atoms with Gasteiger partial charge in [-0.3, -0.25) is 4.79 Å². The average molecular weight is 386 g/mol. The maximum Gasteiger partial charge on any atom is 0.244 e. The van der Waals surface area contributed by atoms with Gasteiger partial charge < -0.3 is 14.8 Å². The second-order valence-corrected chi connectivity index (χ2v) is 7.16. The molecule has 1 fully saturated rings. The molecule has 2 aromatic carbocycles. The van der Waals surface area contributed by atoms with Gasteiger partial charge in [0.2, 0.25) is 5.91 Å². The normalized spacial score (nSPS) is 16.2. The molecule has 5 heteroatoms. The minimum Gasteiger partial charge on any atom is -0.497 e. The van der Waals surface area contributed by atoms with Gasteiger partial charge in [0.15, 0.2) is 0 Å². The van der Waals surface area contributed by atoms with E-state index in [1.165, 1.54) is 5.56 Å². The first kappa shape index (κ1) is 19.5. The summed E-state index contributed by atoms with van der Waals surface area (Å²) < 4.78 is 10.7. The summed E-state index contributed by atoms with van der Waals surface area (Å²) in [5.41, 5.74) is 1.98. The van der Waals surface area contributed by atoms with Crippen molar-refractivity contribution in [2.24, 2.45) is 0 Å². The van der Waals surface area contributed by atoms with Crippen LogP contribution in [0.4, 0.5) is 0 Å². The molecule has 1 heterocycles. The van der Waals surface area contributed by atoms with Crippen LogP contribution in [0.25, 0.3) is 6.08 Å². The van der Waals surface area contributed by atoms with Crippen LogP contribution in [0.2, 0.25) is 5.02 Å². The number of nitrogens with one attached hydrogen (secondary N) is 1. The van der Waals surface area contributed by atoms with Gasteiger partial charge in [0.05, 0.1) is 7.11 Å². The lowest BCUT2D eigenvalue weighted by atomic mass is 9.74. The molecule has 1 saturated heterocycles. The van der Waals surface area contributed by atoms with Crippen LogP contribution in [0.1, 0.15) is 24.0 Å². The van der Waals surface area contributed by atoms with E-state index in [1.807, 2.05) is 48.5 Å². The zero-order valence-corrected chi connectivity index (χ0v) is 16.2. The summed E-state index contributed by atoms with van der Waals surface area (Å²) in [5.74, 6) is 0.652. The highest BCUT2D eigenvalue weighted by Crippen LogP contribution is 2.34. The summed E-state index contributed by atoms with van der Waals surface area (Å²) in [5, 5.41) is 3.77. The Morgan fingerprint density at radius 2 is 1.96 bits per heavy atom. The molecule has 3 rings (SSSR count). The maximum atomic E-state index is 12.4. The molecule has 0 unspecified atom stereocenters. The van der Waals surface area contributed by atoms with Gasteiger partial charge in [-0.05, 0) is 54.3 Å². The molecule has 142 valence electrons. The summed E-state index contributed by atoms with van der Waals surface area (Å²) >= 11 is 6.03. The number of rotatable bonds is 6. The molecule has 27 heavy (non-hydrogen) atoms. The Morgan fingerprint density at radius 1 is 1.22 bits per heavy atom. The van der Waals surface area contributed by atoms with E-state index >= 15 is 0 Å². The van der Waals surface area contributed by atoms with E-state index in [4.69, 9.17) is 21.1 Å². The Hall–Kier alpha value is -2.30. The van der Waals surface area contributed by atoms with Gasteiger partial charge in [-0.25, -0.2) is 0 Å². The number of methoxy groups -OCH3 is 1. The highest BCUT2D eigenvalue weighted by Gasteiger charge is 2.34. The van der Waals surface area contributed by atoms with Crippen molar-refractivity contribution >= 4 is 23.6 Å². The van der Waals surface area contributed by atoms with E-state index in [0.29, 0.717) is 24.8 Å². The number of hydrogen-bond donors (Lipinski definition) is 1. The number of amides is 1. The van der Waals surface area contributed by atoms with Gasteiger partial charge in [-0.1, -0.05) is 35.9 Å². The predicted molar refractivity (Wildman–Crippen MR) is 108 cm³/mol. The second-order valence-electron chi connectivity index (χ2n) is 6.73. The zero-order chi connectivity index (χ0) is 19.1. The lowest BCUT2D eigenvalue weighted by Gasteiger charge is -2.37. The summed E-state index contributed by atoms with van der Waals surface area (Å²) in [7, 11) is 1.62. The van der Waals surface area contributed by atoms with Crippen LogP contribution in [0.15, 0.2) is 54.6 Å². The Kier molecular flexibility index (Phi) is 6.54. The van der Waals surface area contributed by atoms with Crippen LogP contribution >= 0.6 is 11.6 Å². The van der Waals surface area contributed by atoms with Gasteiger partial charge in [-0.2, -0.15) is 0 Å². The van der Waals surface area contributed by atoms with Crippen molar-refractivity contribution in [1.82, 2.24) is 5.32 Å². The minimum absolute atomic E-state index is 0.113. The third-order valence-corrected chi connectivity index (χ3v) is 5.28. The van der Waals surface area contributed by atoms with Crippen LogP contribution in [0.5, 0.6) is 5.75 Å². The van der Waals surface area contributed by atoms with Crippen molar-refractivity contribution in [2.45, 2.75) is 18.3 Å². The zero-order valence-electron chi connectivity index (χ0n) is 15.4. The summed E-state index contributed by atoms with van der Waals surface area (Å²) in [6, 6.07) is 15.5. The van der Waals surface area contributed by atoms with E-state index in [1.54, 1.807) is 19.3 Å². The smallest absolute Gasteiger partial charge is 0.244 e. The largest absolute Gasteiger partial charge is 0.497 e. The molecule has 1 amide bonds. The molecule has 0 atom stereocenters. The van der Waals surface area contributed by atoms with Crippen LogP contribution in [-0.4, -0.2) is 32.8 Å². The van der Waals surface area contributed by atoms with Gasteiger partial charge in [0, 0.05) is 36.3 Å². The Labute approximate surface area is 165 Å². The van der Waals surface area contributed by atoms with Gasteiger partial charge >= 0.3 is 0 Å². The lowest BCUT2D eigenvalue weighted by Crippen LogP contribution is -2.44. The molecule has 0 aliphatic carbocycles. The van der Waals surface area contributed by atoms with Crippen LogP contribution < -0.4 is 10.1 Å². The Bertz CT molecular complexity index is 795. The van der Waals surface area contributed by atoms with Crippen LogP contribution in [-0.2, 0) is 14.9 Å². The molecule has 0 spiro atoms. The predicted octanol–water partition coefficient (Wildman–Crippen LogP) is 4.23. The molecule has 1 aliphatic heterocycles. The van der Waals surface area contributed by atoms with E-state index in [-0.39, 0.29) is 11.3 Å². The Balaban J connectivity index is 1.67. The molecule has 2 aromatic rings. The van der Waals surface area contributed by atoms with Gasteiger partial charge in [-0.15, -0.1) is 0 Å². The minimum atomic E-state index is -0.123. The summed E-state index contributed by atoms with van der Waals surface area (Å²) in [6.45, 7) is 1.95. The molecule has 1 aliphatic rings. The topological polar surface area (TPSA) is 47.6 Å². The van der Waals surface area contributed by atoms with Crippen LogP contribution in [0.3, 0.4) is 0 Å². The summed E-state index contributed by atoms with van der Waals surface area (Å²) in [4.78, 5) is 12.4. The third kappa shape index (κ3) is 5.12. The van der Waals surface area contributed by atoms with E-state index in [9.17, 15) is 4.79 Å². The van der Waals surface area contributed by atoms with Crippen molar-refractivity contribution in [1.29, 1.82) is 0 Å². The number of ether oxygens (including phenoxy) is 2. The maximum absolute atomic E-state index is 12.4. The first-order chi connectivity index (χ1) is 13.1. The van der Waals surface area contributed by atoms with E-state index in [0.717, 1.165) is 24.2 Å². The van der Waals surface area contributed by atoms with Crippen molar-refractivity contribution in [3.05, 3.63) is 70.8 Å². The van der Waals surface area contributed by atoms with Crippen molar-refractivity contribution in [2.75, 3.05) is 26.9 Å². The number of carbonyl (C=O) groups is 1. The number of hydrogen-bond acceptors (Lipinski definition) is 3. The average Bonchev–Trinajstić information content (AvgIpc) is 2.72. The molecule has 0 aromatic heterocycles. The summed E-state index contributed by atoms with van der Waals surface area (Å²) in [6.07, 6.45) is 5.09. The SMILES string of the molecule is COc1cccc(/C=C/C(=O)NCC2(c3ccc(Cl)cc3)CCOCC2)c1. The Morgan fingerprint density at radius 3 is 2.67 bits per heavy atom. The molecule has 0 radical (unpaired) electrons. The van der Waals surface area contributed by atoms with E-state index < -0.39 is 0 Å². The highest BCUT2D eigenvalue weighted by molar-refractivity contribution is 6.30. The van der Waals surface area contributed by atoms with Gasteiger partial charge in [0.1, 0.15) is 5.75 Å².